The van der Waals surface area contributed by atoms with E-state index in [2.05, 4.69) is 53.3 Å². The van der Waals surface area contributed by atoms with Crippen LogP contribution < -0.4 is 5.32 Å². The van der Waals surface area contributed by atoms with E-state index >= 15 is 0 Å². The molecule has 2 aromatic carbocycles. The predicted octanol–water partition coefficient (Wildman–Crippen LogP) is 6.58. The van der Waals surface area contributed by atoms with Crippen LogP contribution in [0.5, 0.6) is 0 Å². The van der Waals surface area contributed by atoms with E-state index in [0.717, 1.165) is 20.8 Å². The van der Waals surface area contributed by atoms with Crippen LogP contribution in [-0.2, 0) is 0 Å². The van der Waals surface area contributed by atoms with E-state index in [9.17, 15) is 0 Å². The van der Waals surface area contributed by atoms with E-state index in [1.165, 1.54) is 5.56 Å². The molecule has 0 saturated carbocycles. The zero-order chi connectivity index (χ0) is 15.4. The van der Waals surface area contributed by atoms with Gasteiger partial charge in [0.15, 0.2) is 0 Å². The van der Waals surface area contributed by atoms with Gasteiger partial charge in [-0.1, -0.05) is 48.0 Å². The van der Waals surface area contributed by atoms with E-state index in [4.69, 9.17) is 23.2 Å². The van der Waals surface area contributed by atoms with E-state index < -0.39 is 0 Å². The molecule has 1 unspecified atom stereocenters. The molecule has 0 aromatic heterocycles. The molecule has 21 heavy (non-hydrogen) atoms. The van der Waals surface area contributed by atoms with E-state index in [1.807, 2.05) is 12.1 Å². The maximum atomic E-state index is 6.22. The standard InChI is InChI=1S/C16H16BrCl2NS/c1-3-20-10(2)11-4-7-15(13(17)8-11)21-16-9-12(18)5-6-14(16)19/h4-10,20H,3H2,1-2H3. The molecule has 0 aliphatic heterocycles. The summed E-state index contributed by atoms with van der Waals surface area (Å²) >= 11 is 17.5. The second-order valence-corrected chi connectivity index (χ2v) is 7.43. The average Bonchev–Trinajstić information content (AvgIpc) is 2.45. The molecule has 0 amide bonds. The van der Waals surface area contributed by atoms with Crippen LogP contribution in [0.4, 0.5) is 0 Å². The lowest BCUT2D eigenvalue weighted by Gasteiger charge is -2.14. The third-order valence-electron chi connectivity index (χ3n) is 3.08. The van der Waals surface area contributed by atoms with Crippen molar-refractivity contribution in [1.82, 2.24) is 5.32 Å². The van der Waals surface area contributed by atoms with Crippen LogP contribution >= 0.6 is 50.9 Å². The van der Waals surface area contributed by atoms with Gasteiger partial charge in [0.2, 0.25) is 0 Å². The Morgan fingerprint density at radius 2 is 1.90 bits per heavy atom. The molecule has 112 valence electrons. The van der Waals surface area contributed by atoms with Gasteiger partial charge in [0, 0.05) is 25.3 Å². The summed E-state index contributed by atoms with van der Waals surface area (Å²) in [6.07, 6.45) is 0. The number of rotatable bonds is 5. The van der Waals surface area contributed by atoms with E-state index in [1.54, 1.807) is 17.8 Å². The molecule has 0 aliphatic rings. The van der Waals surface area contributed by atoms with Crippen LogP contribution in [0.1, 0.15) is 25.5 Å². The molecule has 0 aliphatic carbocycles. The first-order valence-electron chi connectivity index (χ1n) is 6.67. The van der Waals surface area contributed by atoms with Crippen molar-refractivity contribution in [2.24, 2.45) is 0 Å². The SMILES string of the molecule is CCNC(C)c1ccc(Sc2cc(Cl)ccc2Cl)c(Br)c1. The molecule has 5 heteroatoms. The summed E-state index contributed by atoms with van der Waals surface area (Å²) in [7, 11) is 0. The molecule has 1 N–H and O–H groups in total. The molecule has 0 heterocycles. The highest BCUT2D eigenvalue weighted by Gasteiger charge is 2.10. The van der Waals surface area contributed by atoms with Crippen molar-refractivity contribution in [2.45, 2.75) is 29.7 Å². The molecule has 2 aromatic rings. The molecule has 1 nitrogen and oxygen atoms in total. The molecule has 0 bridgehead atoms. The topological polar surface area (TPSA) is 12.0 Å². The minimum atomic E-state index is 0.333. The smallest absolute Gasteiger partial charge is 0.0546 e. The lowest BCUT2D eigenvalue weighted by Crippen LogP contribution is -2.17. The fourth-order valence-corrected chi connectivity index (χ4v) is 3.96. The molecule has 0 radical (unpaired) electrons. The lowest BCUT2D eigenvalue weighted by atomic mass is 10.1. The van der Waals surface area contributed by atoms with Crippen molar-refractivity contribution in [1.29, 1.82) is 0 Å². The van der Waals surface area contributed by atoms with Crippen LogP contribution in [0, 0.1) is 0 Å². The molecule has 0 fully saturated rings. The summed E-state index contributed by atoms with van der Waals surface area (Å²) in [5, 5.41) is 4.81. The Morgan fingerprint density at radius 1 is 1.14 bits per heavy atom. The van der Waals surface area contributed by atoms with Gasteiger partial charge in [0.05, 0.1) is 5.02 Å². The summed E-state index contributed by atoms with van der Waals surface area (Å²) in [5.74, 6) is 0. The molecule has 1 atom stereocenters. The number of hydrogen-bond donors (Lipinski definition) is 1. The largest absolute Gasteiger partial charge is 0.310 e. The fraction of sp³-hybridized carbons (Fsp3) is 0.250. The molecule has 2 rings (SSSR count). The molecular formula is C16H16BrCl2NS. The summed E-state index contributed by atoms with van der Waals surface area (Å²) < 4.78 is 1.06. The minimum Gasteiger partial charge on any atom is -0.310 e. The lowest BCUT2D eigenvalue weighted by molar-refractivity contribution is 0.597. The number of nitrogens with one attached hydrogen (secondary N) is 1. The zero-order valence-electron chi connectivity index (χ0n) is 11.8. The Morgan fingerprint density at radius 3 is 2.57 bits per heavy atom. The average molecular weight is 405 g/mol. The highest BCUT2D eigenvalue weighted by Crippen LogP contribution is 2.39. The number of benzene rings is 2. The third-order valence-corrected chi connectivity index (χ3v) is 5.81. The van der Waals surface area contributed by atoms with Crippen molar-refractivity contribution in [3.63, 3.8) is 0 Å². The maximum absolute atomic E-state index is 6.22. The Balaban J connectivity index is 2.23. The highest BCUT2D eigenvalue weighted by atomic mass is 79.9. The Kier molecular flexibility index (Phi) is 6.45. The monoisotopic (exact) mass is 403 g/mol. The van der Waals surface area contributed by atoms with Gasteiger partial charge in [0.1, 0.15) is 0 Å². The quantitative estimate of drug-likeness (QED) is 0.603. The zero-order valence-corrected chi connectivity index (χ0v) is 15.7. The summed E-state index contributed by atoms with van der Waals surface area (Å²) in [6.45, 7) is 5.22. The first-order chi connectivity index (χ1) is 10.0. The van der Waals surface area contributed by atoms with Gasteiger partial charge in [-0.15, -0.1) is 0 Å². The van der Waals surface area contributed by atoms with Crippen LogP contribution in [0.2, 0.25) is 10.0 Å². The Hall–Kier alpha value is -0.190. The maximum Gasteiger partial charge on any atom is 0.0546 e. The Labute approximate surface area is 148 Å². The van der Waals surface area contributed by atoms with Crippen molar-refractivity contribution in [3.05, 3.63) is 56.5 Å². The summed E-state index contributed by atoms with van der Waals surface area (Å²) in [6, 6.07) is 12.2. The molecule has 0 spiro atoms. The van der Waals surface area contributed by atoms with Crippen LogP contribution in [0.15, 0.2) is 50.7 Å². The first-order valence-corrected chi connectivity index (χ1v) is 9.03. The van der Waals surface area contributed by atoms with Crippen LogP contribution in [0.3, 0.4) is 0 Å². The van der Waals surface area contributed by atoms with Crippen molar-refractivity contribution in [3.8, 4) is 0 Å². The van der Waals surface area contributed by atoms with Crippen LogP contribution in [-0.4, -0.2) is 6.54 Å². The van der Waals surface area contributed by atoms with Crippen molar-refractivity contribution >= 4 is 50.9 Å². The van der Waals surface area contributed by atoms with E-state index in [-0.39, 0.29) is 0 Å². The minimum absolute atomic E-state index is 0.333. The van der Waals surface area contributed by atoms with Gasteiger partial charge >= 0.3 is 0 Å². The van der Waals surface area contributed by atoms with E-state index in [0.29, 0.717) is 16.1 Å². The van der Waals surface area contributed by atoms with Crippen LogP contribution in [0.25, 0.3) is 0 Å². The van der Waals surface area contributed by atoms with Gasteiger partial charge in [-0.25, -0.2) is 0 Å². The normalized spacial score (nSPS) is 12.4. The second kappa shape index (κ2) is 7.89. The predicted molar refractivity (Wildman–Crippen MR) is 96.8 cm³/mol. The third kappa shape index (κ3) is 4.64. The summed E-state index contributed by atoms with van der Waals surface area (Å²) in [5.41, 5.74) is 1.25. The number of hydrogen-bond acceptors (Lipinski definition) is 2. The number of halogens is 3. The van der Waals surface area contributed by atoms with Gasteiger partial charge < -0.3 is 5.32 Å². The fourth-order valence-electron chi connectivity index (χ4n) is 1.97. The first kappa shape index (κ1) is 17.2. The van der Waals surface area contributed by atoms with Gasteiger partial charge in [-0.3, -0.25) is 0 Å². The molecular weight excluding hydrogens is 389 g/mol. The Bertz CT molecular complexity index is 634. The second-order valence-electron chi connectivity index (χ2n) is 4.65. The highest BCUT2D eigenvalue weighted by molar-refractivity contribution is 9.10. The van der Waals surface area contributed by atoms with Crippen molar-refractivity contribution in [2.75, 3.05) is 6.54 Å². The van der Waals surface area contributed by atoms with Gasteiger partial charge in [-0.05, 0) is 65.3 Å². The molecule has 0 saturated heterocycles. The summed E-state index contributed by atoms with van der Waals surface area (Å²) in [4.78, 5) is 2.07. The van der Waals surface area contributed by atoms with Gasteiger partial charge in [0.25, 0.3) is 0 Å². The van der Waals surface area contributed by atoms with Gasteiger partial charge in [-0.2, -0.15) is 0 Å². The van der Waals surface area contributed by atoms with Crippen molar-refractivity contribution < 1.29 is 0 Å².